The minimum atomic E-state index is -0.947. The summed E-state index contributed by atoms with van der Waals surface area (Å²) >= 11 is 0. The van der Waals surface area contributed by atoms with Crippen molar-refractivity contribution < 1.29 is 9.90 Å². The van der Waals surface area contributed by atoms with Crippen molar-refractivity contribution in [2.75, 3.05) is 0 Å². The molecule has 0 saturated carbocycles. The normalized spacial score (nSPS) is 12.4. The van der Waals surface area contributed by atoms with E-state index in [0.717, 1.165) is 16.7 Å². The molecule has 0 amide bonds. The number of aliphatic carboxylic acids is 1. The lowest BCUT2D eigenvalue weighted by molar-refractivity contribution is -0.137. The second-order valence-electron chi connectivity index (χ2n) is 7.22. The van der Waals surface area contributed by atoms with Gasteiger partial charge < -0.3 is 15.4 Å². The maximum absolute atomic E-state index is 11.1. The summed E-state index contributed by atoms with van der Waals surface area (Å²) in [5, 5.41) is 9.13. The Morgan fingerprint density at radius 2 is 1.30 bits per heavy atom. The summed E-state index contributed by atoms with van der Waals surface area (Å²) in [6.07, 6.45) is 3.43. The number of carboxylic acid groups (broad SMARTS) is 1. The molecule has 0 fully saturated rings. The van der Waals surface area contributed by atoms with Crippen molar-refractivity contribution in [2.45, 2.75) is 18.0 Å². The Labute approximate surface area is 175 Å². The fraction of sp³-hybridized carbons (Fsp3) is 0.120. The first-order valence-corrected chi connectivity index (χ1v) is 9.80. The second-order valence-corrected chi connectivity index (χ2v) is 7.22. The third kappa shape index (κ3) is 3.51. The molecule has 1 aromatic heterocycles. The molecule has 0 bridgehead atoms. The second kappa shape index (κ2) is 8.35. The van der Waals surface area contributed by atoms with Crippen LogP contribution in [-0.2, 0) is 10.3 Å². The van der Waals surface area contributed by atoms with Crippen LogP contribution >= 0.6 is 0 Å². The lowest BCUT2D eigenvalue weighted by atomic mass is 9.77. The third-order valence-electron chi connectivity index (χ3n) is 5.34. The van der Waals surface area contributed by atoms with E-state index in [9.17, 15) is 4.79 Å². The fourth-order valence-electron chi connectivity index (χ4n) is 3.99. The van der Waals surface area contributed by atoms with E-state index in [-0.39, 0.29) is 6.42 Å². The Kier molecular flexibility index (Phi) is 5.46. The molecule has 4 aromatic rings. The number of aromatic nitrogens is 2. The number of carboxylic acids is 1. The van der Waals surface area contributed by atoms with Crippen molar-refractivity contribution in [3.8, 4) is 0 Å². The van der Waals surface area contributed by atoms with E-state index >= 15 is 0 Å². The van der Waals surface area contributed by atoms with Gasteiger partial charge >= 0.3 is 5.97 Å². The van der Waals surface area contributed by atoms with E-state index in [2.05, 4.69) is 41.4 Å². The van der Waals surface area contributed by atoms with Crippen LogP contribution in [0.4, 0.5) is 0 Å². The number of carbonyl (C=O) groups is 1. The summed E-state index contributed by atoms with van der Waals surface area (Å²) in [5.41, 5.74) is 9.18. The number of nitrogens with zero attached hydrogens (tertiary/aromatic N) is 2. The molecule has 0 aliphatic heterocycles. The monoisotopic (exact) mass is 397 g/mol. The van der Waals surface area contributed by atoms with Crippen LogP contribution < -0.4 is 5.73 Å². The minimum absolute atomic E-state index is 0.175. The van der Waals surface area contributed by atoms with Crippen LogP contribution in [-0.4, -0.2) is 20.6 Å². The lowest BCUT2D eigenvalue weighted by Crippen LogP contribution is -2.37. The van der Waals surface area contributed by atoms with Gasteiger partial charge in [0.05, 0.1) is 24.5 Å². The first-order chi connectivity index (χ1) is 14.6. The Hall–Kier alpha value is -3.70. The van der Waals surface area contributed by atoms with Crippen LogP contribution in [0.5, 0.6) is 0 Å². The number of imidazole rings is 1. The number of hydrogen-bond acceptors (Lipinski definition) is 3. The van der Waals surface area contributed by atoms with Crippen molar-refractivity contribution in [2.24, 2.45) is 5.73 Å². The molecular formula is C25H23N3O2. The summed E-state index contributed by atoms with van der Waals surface area (Å²) in [6.45, 7) is 0. The van der Waals surface area contributed by atoms with E-state index in [1.165, 1.54) is 0 Å². The summed E-state index contributed by atoms with van der Waals surface area (Å²) < 4.78 is 2.03. The third-order valence-corrected chi connectivity index (χ3v) is 5.34. The molecule has 0 saturated heterocycles. The summed E-state index contributed by atoms with van der Waals surface area (Å²) in [4.78, 5) is 15.6. The van der Waals surface area contributed by atoms with E-state index in [1.807, 2.05) is 65.4 Å². The van der Waals surface area contributed by atoms with Crippen LogP contribution in [0.25, 0.3) is 0 Å². The highest BCUT2D eigenvalue weighted by Gasteiger charge is 2.38. The quantitative estimate of drug-likeness (QED) is 0.458. The topological polar surface area (TPSA) is 81.1 Å². The lowest BCUT2D eigenvalue weighted by Gasteiger charge is -2.37. The Balaban J connectivity index is 1.99. The van der Waals surface area contributed by atoms with Gasteiger partial charge in [0.25, 0.3) is 0 Å². The highest BCUT2D eigenvalue weighted by molar-refractivity contribution is 5.67. The molecule has 150 valence electrons. The molecule has 30 heavy (non-hydrogen) atoms. The van der Waals surface area contributed by atoms with Crippen LogP contribution in [0.1, 0.15) is 34.8 Å². The van der Waals surface area contributed by atoms with Gasteiger partial charge in [-0.15, -0.1) is 0 Å². The molecule has 1 heterocycles. The molecule has 0 aliphatic rings. The largest absolute Gasteiger partial charge is 0.481 e. The molecule has 4 rings (SSSR count). The standard InChI is InChI=1S/C25H23N3O2/c26-22(16-24(29)30)23-17-28(18-27-23)25(19-10-4-1-5-11-19,20-12-6-2-7-13-20)21-14-8-3-9-15-21/h1-15,17-18,22H,16,26H2,(H,29,30). The highest BCUT2D eigenvalue weighted by atomic mass is 16.4. The summed E-state index contributed by atoms with van der Waals surface area (Å²) in [6, 6.07) is 30.0. The van der Waals surface area contributed by atoms with Crippen molar-refractivity contribution in [3.63, 3.8) is 0 Å². The first kappa shape index (κ1) is 19.6. The zero-order valence-electron chi connectivity index (χ0n) is 16.4. The molecular weight excluding hydrogens is 374 g/mol. The molecule has 0 aliphatic carbocycles. The van der Waals surface area contributed by atoms with E-state index in [1.54, 1.807) is 6.33 Å². The molecule has 0 radical (unpaired) electrons. The predicted octanol–water partition coefficient (Wildman–Crippen LogP) is 4.20. The fourth-order valence-corrected chi connectivity index (χ4v) is 3.99. The van der Waals surface area contributed by atoms with E-state index in [4.69, 9.17) is 10.8 Å². The van der Waals surface area contributed by atoms with Gasteiger partial charge in [-0.2, -0.15) is 0 Å². The maximum Gasteiger partial charge on any atom is 0.305 e. The summed E-state index contributed by atoms with van der Waals surface area (Å²) in [7, 11) is 0. The van der Waals surface area contributed by atoms with Crippen LogP contribution in [0.15, 0.2) is 104 Å². The van der Waals surface area contributed by atoms with Gasteiger partial charge in [0.2, 0.25) is 0 Å². The number of benzene rings is 3. The van der Waals surface area contributed by atoms with Crippen LogP contribution in [0, 0.1) is 0 Å². The van der Waals surface area contributed by atoms with Crippen LogP contribution in [0.2, 0.25) is 0 Å². The summed E-state index contributed by atoms with van der Waals surface area (Å²) in [5.74, 6) is -0.947. The van der Waals surface area contributed by atoms with Crippen LogP contribution in [0.3, 0.4) is 0 Å². The Bertz CT molecular complexity index is 1010. The van der Waals surface area contributed by atoms with Crippen molar-refractivity contribution in [1.82, 2.24) is 9.55 Å². The average Bonchev–Trinajstić information content (AvgIpc) is 3.27. The van der Waals surface area contributed by atoms with Gasteiger partial charge in [-0.25, -0.2) is 4.98 Å². The molecule has 5 heteroatoms. The average molecular weight is 397 g/mol. The van der Waals surface area contributed by atoms with Crippen molar-refractivity contribution >= 4 is 5.97 Å². The molecule has 0 spiro atoms. The van der Waals surface area contributed by atoms with Gasteiger partial charge in [-0.3, -0.25) is 4.79 Å². The number of rotatable bonds is 7. The zero-order valence-corrected chi connectivity index (χ0v) is 16.4. The maximum atomic E-state index is 11.1. The number of hydrogen-bond donors (Lipinski definition) is 2. The SMILES string of the molecule is NC(CC(=O)O)c1cn(C(c2ccccc2)(c2ccccc2)c2ccccc2)cn1. The smallest absolute Gasteiger partial charge is 0.305 e. The van der Waals surface area contributed by atoms with E-state index < -0.39 is 17.6 Å². The Morgan fingerprint density at radius 1 is 0.867 bits per heavy atom. The van der Waals surface area contributed by atoms with Gasteiger partial charge in [-0.05, 0) is 16.7 Å². The predicted molar refractivity (Wildman–Crippen MR) is 116 cm³/mol. The Morgan fingerprint density at radius 3 is 1.70 bits per heavy atom. The molecule has 5 nitrogen and oxygen atoms in total. The molecule has 1 atom stereocenters. The van der Waals surface area contributed by atoms with Gasteiger partial charge in [0, 0.05) is 6.20 Å². The van der Waals surface area contributed by atoms with Crippen molar-refractivity contribution in [3.05, 3.63) is 126 Å². The van der Waals surface area contributed by atoms with Crippen molar-refractivity contribution in [1.29, 1.82) is 0 Å². The first-order valence-electron chi connectivity index (χ1n) is 9.80. The molecule has 1 unspecified atom stereocenters. The van der Waals surface area contributed by atoms with E-state index in [0.29, 0.717) is 5.69 Å². The highest BCUT2D eigenvalue weighted by Crippen LogP contribution is 2.41. The van der Waals surface area contributed by atoms with Gasteiger partial charge in [-0.1, -0.05) is 91.0 Å². The van der Waals surface area contributed by atoms with Gasteiger partial charge in [0.1, 0.15) is 5.54 Å². The zero-order chi connectivity index (χ0) is 21.0. The molecule has 3 N–H and O–H groups in total. The number of nitrogens with two attached hydrogens (primary N) is 1. The van der Waals surface area contributed by atoms with Gasteiger partial charge in [0.15, 0.2) is 0 Å². The minimum Gasteiger partial charge on any atom is -0.481 e. The molecule has 3 aromatic carbocycles.